The molecule has 0 spiro atoms. The fourth-order valence-corrected chi connectivity index (χ4v) is 4.13. The van der Waals surface area contributed by atoms with Crippen molar-refractivity contribution in [3.05, 3.63) is 47.8 Å². The van der Waals surface area contributed by atoms with Crippen LogP contribution in [0.3, 0.4) is 0 Å². The molecular weight excluding hydrogens is 424 g/mol. The van der Waals surface area contributed by atoms with E-state index in [9.17, 15) is 13.2 Å². The van der Waals surface area contributed by atoms with E-state index in [4.69, 9.17) is 9.47 Å². The Kier molecular flexibility index (Phi) is 6.79. The summed E-state index contributed by atoms with van der Waals surface area (Å²) in [7, 11) is 1.48. The van der Waals surface area contributed by atoms with Crippen molar-refractivity contribution in [2.45, 2.75) is 24.7 Å². The number of methoxy groups -OCH3 is 1. The molecule has 0 bridgehead atoms. The number of anilines is 1. The van der Waals surface area contributed by atoms with Crippen molar-refractivity contribution in [2.75, 3.05) is 38.3 Å². The van der Waals surface area contributed by atoms with E-state index in [1.165, 1.54) is 31.4 Å². The Hall–Kier alpha value is -2.03. The molecule has 0 aliphatic carbocycles. The van der Waals surface area contributed by atoms with Crippen LogP contribution in [-0.2, 0) is 10.9 Å². The van der Waals surface area contributed by atoms with Gasteiger partial charge in [0.15, 0.2) is 0 Å². The van der Waals surface area contributed by atoms with Crippen LogP contribution in [0.2, 0.25) is 0 Å². The van der Waals surface area contributed by atoms with Crippen molar-refractivity contribution in [3.8, 4) is 16.9 Å². The van der Waals surface area contributed by atoms with Gasteiger partial charge in [-0.05, 0) is 36.7 Å². The summed E-state index contributed by atoms with van der Waals surface area (Å²) in [6, 6.07) is 7.60. The van der Waals surface area contributed by atoms with Gasteiger partial charge >= 0.3 is 6.18 Å². The molecule has 0 saturated carbocycles. The molecule has 2 atom stereocenters. The molecule has 164 valence electrons. The van der Waals surface area contributed by atoms with Crippen LogP contribution >= 0.6 is 12.4 Å². The van der Waals surface area contributed by atoms with Crippen molar-refractivity contribution in [3.63, 3.8) is 0 Å². The lowest BCUT2D eigenvalue weighted by Crippen LogP contribution is -2.58. The zero-order valence-corrected chi connectivity index (χ0v) is 17.2. The second kappa shape index (κ2) is 8.99. The van der Waals surface area contributed by atoms with Gasteiger partial charge in [-0.1, -0.05) is 12.1 Å². The van der Waals surface area contributed by atoms with E-state index in [1.807, 2.05) is 0 Å². The minimum Gasteiger partial charge on any atom is -0.495 e. The highest BCUT2D eigenvalue weighted by Gasteiger charge is 2.36. The zero-order chi connectivity index (χ0) is 20.6. The van der Waals surface area contributed by atoms with E-state index < -0.39 is 17.6 Å². The highest BCUT2D eigenvalue weighted by atomic mass is 35.5. The third-order valence-corrected chi connectivity index (χ3v) is 5.53. The predicted octanol–water partition coefficient (Wildman–Crippen LogP) is 4.51. The second-order valence-corrected chi connectivity index (χ2v) is 7.25. The molecule has 1 N–H and O–H groups in total. The average Bonchev–Trinajstić information content (AvgIpc) is 2.72. The number of hydrogen-bond donors (Lipinski definition) is 1. The van der Waals surface area contributed by atoms with Crippen molar-refractivity contribution >= 4 is 18.1 Å². The van der Waals surface area contributed by atoms with Gasteiger partial charge in [0, 0.05) is 24.7 Å². The van der Waals surface area contributed by atoms with Gasteiger partial charge in [-0.25, -0.2) is 4.39 Å². The van der Waals surface area contributed by atoms with Gasteiger partial charge in [-0.3, -0.25) is 0 Å². The molecule has 2 saturated heterocycles. The first kappa shape index (κ1) is 22.7. The Balaban J connectivity index is 0.00000256. The van der Waals surface area contributed by atoms with Crippen LogP contribution in [0.25, 0.3) is 11.1 Å². The van der Waals surface area contributed by atoms with Crippen molar-refractivity contribution in [2.24, 2.45) is 0 Å². The summed E-state index contributed by atoms with van der Waals surface area (Å²) in [5, 5.41) is 3.30. The molecule has 2 fully saturated rings. The number of rotatable bonds is 3. The Bertz CT molecular complexity index is 892. The van der Waals surface area contributed by atoms with Crippen LogP contribution in [-0.4, -0.2) is 45.5 Å². The molecule has 4 rings (SSSR count). The Morgan fingerprint density at radius 2 is 2.00 bits per heavy atom. The maximum Gasteiger partial charge on any atom is 0.416 e. The van der Waals surface area contributed by atoms with Crippen molar-refractivity contribution in [1.29, 1.82) is 0 Å². The van der Waals surface area contributed by atoms with Crippen molar-refractivity contribution < 1.29 is 27.0 Å². The summed E-state index contributed by atoms with van der Waals surface area (Å²) in [5.41, 5.74) is 0.0137. The molecule has 4 nitrogen and oxygen atoms in total. The lowest BCUT2D eigenvalue weighted by molar-refractivity contribution is -0.137. The number of halogens is 5. The number of ether oxygens (including phenoxy) is 2. The highest BCUT2D eigenvalue weighted by molar-refractivity contribution is 5.85. The molecule has 0 aromatic heterocycles. The van der Waals surface area contributed by atoms with Gasteiger partial charge in [-0.2, -0.15) is 13.2 Å². The maximum atomic E-state index is 15.1. The van der Waals surface area contributed by atoms with Crippen LogP contribution in [0, 0.1) is 5.82 Å². The summed E-state index contributed by atoms with van der Waals surface area (Å²) in [6.45, 7) is 2.69. The van der Waals surface area contributed by atoms with Gasteiger partial charge in [0.2, 0.25) is 0 Å². The Morgan fingerprint density at radius 1 is 1.20 bits per heavy atom. The Morgan fingerprint density at radius 3 is 2.73 bits per heavy atom. The number of piperidine rings is 1. The topological polar surface area (TPSA) is 33.7 Å². The molecule has 30 heavy (non-hydrogen) atoms. The number of nitrogens with one attached hydrogen (secondary N) is 1. The summed E-state index contributed by atoms with van der Waals surface area (Å²) < 4.78 is 65.5. The monoisotopic (exact) mass is 446 g/mol. The van der Waals surface area contributed by atoms with Gasteiger partial charge in [-0.15, -0.1) is 12.4 Å². The lowest BCUT2D eigenvalue weighted by atomic mass is 9.97. The van der Waals surface area contributed by atoms with Crippen molar-refractivity contribution in [1.82, 2.24) is 5.32 Å². The standard InChI is InChI=1S/C21H22F4N2O2.ClH/c1-28-19-10-15(13-3-2-4-14(9-13)21(23,24)25)16(22)11-18(19)27-7-8-29-20-12-26-6-5-17(20)27;/h2-4,9-11,17,20,26H,5-8,12H2,1H3;1H/t17-,20-;/m1./s1. The number of hydrogen-bond acceptors (Lipinski definition) is 4. The molecule has 2 aliphatic heterocycles. The first-order valence-corrected chi connectivity index (χ1v) is 9.52. The molecule has 0 amide bonds. The first-order chi connectivity index (χ1) is 13.9. The quantitative estimate of drug-likeness (QED) is 0.703. The fourth-order valence-electron chi connectivity index (χ4n) is 4.13. The lowest BCUT2D eigenvalue weighted by Gasteiger charge is -2.45. The number of benzene rings is 2. The zero-order valence-electron chi connectivity index (χ0n) is 16.3. The first-order valence-electron chi connectivity index (χ1n) is 9.52. The largest absolute Gasteiger partial charge is 0.495 e. The summed E-state index contributed by atoms with van der Waals surface area (Å²) in [5.74, 6) is -0.157. The minimum atomic E-state index is -4.49. The van der Waals surface area contributed by atoms with Gasteiger partial charge < -0.3 is 19.7 Å². The average molecular weight is 447 g/mol. The fraction of sp³-hybridized carbons (Fsp3) is 0.429. The maximum absolute atomic E-state index is 15.1. The minimum absolute atomic E-state index is 0. The van der Waals surface area contributed by atoms with Gasteiger partial charge in [0.1, 0.15) is 11.6 Å². The van der Waals surface area contributed by atoms with Crippen LogP contribution in [0.5, 0.6) is 5.75 Å². The van der Waals surface area contributed by atoms with Gasteiger partial charge in [0.25, 0.3) is 0 Å². The highest BCUT2D eigenvalue weighted by Crippen LogP contribution is 2.40. The van der Waals surface area contributed by atoms with E-state index in [1.54, 1.807) is 0 Å². The summed E-state index contributed by atoms with van der Waals surface area (Å²) in [6.07, 6.45) is -3.63. The molecule has 0 radical (unpaired) electrons. The third-order valence-electron chi connectivity index (χ3n) is 5.53. The van der Waals surface area contributed by atoms with E-state index in [0.717, 1.165) is 31.6 Å². The van der Waals surface area contributed by atoms with Crippen LogP contribution < -0.4 is 15.0 Å². The molecule has 2 aromatic carbocycles. The molecule has 2 aromatic rings. The molecule has 0 unspecified atom stereocenters. The molecule has 9 heteroatoms. The van der Waals surface area contributed by atoms with Crippen LogP contribution in [0.15, 0.2) is 36.4 Å². The SMILES string of the molecule is COc1cc(-c2cccc(C(F)(F)F)c2)c(F)cc1N1CCO[C@@H]2CNCC[C@H]21.Cl. The normalized spacial score (nSPS) is 21.6. The number of alkyl halides is 3. The van der Waals surface area contributed by atoms with E-state index in [0.29, 0.717) is 24.6 Å². The van der Waals surface area contributed by atoms with Crippen LogP contribution in [0.1, 0.15) is 12.0 Å². The molecular formula is C21H23ClF4N2O2. The number of morpholine rings is 1. The van der Waals surface area contributed by atoms with Crippen LogP contribution in [0.4, 0.5) is 23.2 Å². The third kappa shape index (κ3) is 4.36. The number of fused-ring (bicyclic) bond motifs is 1. The van der Waals surface area contributed by atoms with E-state index >= 15 is 4.39 Å². The molecule has 2 heterocycles. The van der Waals surface area contributed by atoms with E-state index in [-0.39, 0.29) is 35.7 Å². The second-order valence-electron chi connectivity index (χ2n) is 7.25. The Labute approximate surface area is 178 Å². The van der Waals surface area contributed by atoms with Gasteiger partial charge in [0.05, 0.1) is 37.1 Å². The number of nitrogens with zero attached hydrogens (tertiary/aromatic N) is 1. The smallest absolute Gasteiger partial charge is 0.416 e. The molecule has 2 aliphatic rings. The van der Waals surface area contributed by atoms with E-state index in [2.05, 4.69) is 10.2 Å². The summed E-state index contributed by atoms with van der Waals surface area (Å²) in [4.78, 5) is 2.09. The summed E-state index contributed by atoms with van der Waals surface area (Å²) >= 11 is 0. The predicted molar refractivity (Wildman–Crippen MR) is 109 cm³/mol.